The topological polar surface area (TPSA) is 59.1 Å². The molecule has 0 aliphatic carbocycles. The molecule has 0 N–H and O–H groups in total. The first-order valence-corrected chi connectivity index (χ1v) is 8.61. The Labute approximate surface area is 158 Å². The van der Waals surface area contributed by atoms with Gasteiger partial charge < -0.3 is 14.4 Å². The first kappa shape index (κ1) is 18.7. The molecule has 2 aromatic rings. The SMILES string of the molecule is COCCN1C(=O)C(c2ccc(OC)cc2)=C(N(C)c2ccccc2)C1=O. The highest BCUT2D eigenvalue weighted by Gasteiger charge is 2.40. The van der Waals surface area contributed by atoms with Gasteiger partial charge in [0, 0.05) is 19.8 Å². The lowest BCUT2D eigenvalue weighted by atomic mass is 10.0. The van der Waals surface area contributed by atoms with Crippen LogP contribution in [0.2, 0.25) is 0 Å². The molecule has 1 aliphatic heterocycles. The van der Waals surface area contributed by atoms with Gasteiger partial charge in [-0.2, -0.15) is 0 Å². The number of carbonyl (C=O) groups excluding carboxylic acids is 2. The zero-order chi connectivity index (χ0) is 19.4. The van der Waals surface area contributed by atoms with E-state index in [-0.39, 0.29) is 25.0 Å². The van der Waals surface area contributed by atoms with Crippen molar-refractivity contribution in [3.63, 3.8) is 0 Å². The van der Waals surface area contributed by atoms with Crippen LogP contribution in [-0.2, 0) is 14.3 Å². The van der Waals surface area contributed by atoms with E-state index in [0.717, 1.165) is 5.69 Å². The smallest absolute Gasteiger partial charge is 0.278 e. The van der Waals surface area contributed by atoms with Crippen molar-refractivity contribution in [2.45, 2.75) is 0 Å². The minimum atomic E-state index is -0.325. The number of likely N-dealkylation sites (N-methyl/N-ethyl adjacent to an activating group) is 1. The molecule has 2 amide bonds. The number of amides is 2. The summed E-state index contributed by atoms with van der Waals surface area (Å²) in [6.45, 7) is 0.496. The predicted molar refractivity (Wildman–Crippen MR) is 103 cm³/mol. The van der Waals surface area contributed by atoms with E-state index in [1.807, 2.05) is 30.3 Å². The summed E-state index contributed by atoms with van der Waals surface area (Å²) in [5.41, 5.74) is 2.23. The van der Waals surface area contributed by atoms with Crippen LogP contribution in [0.3, 0.4) is 0 Å². The summed E-state index contributed by atoms with van der Waals surface area (Å²) < 4.78 is 10.2. The molecule has 0 aromatic heterocycles. The van der Waals surface area contributed by atoms with Crippen LogP contribution in [0.15, 0.2) is 60.3 Å². The molecule has 0 atom stereocenters. The molecule has 140 valence electrons. The van der Waals surface area contributed by atoms with Crippen LogP contribution in [-0.4, -0.2) is 51.1 Å². The van der Waals surface area contributed by atoms with Gasteiger partial charge in [-0.3, -0.25) is 14.5 Å². The minimum Gasteiger partial charge on any atom is -0.497 e. The Kier molecular flexibility index (Phi) is 5.57. The van der Waals surface area contributed by atoms with Crippen molar-refractivity contribution in [2.24, 2.45) is 0 Å². The average Bonchev–Trinajstić information content (AvgIpc) is 2.96. The van der Waals surface area contributed by atoms with Gasteiger partial charge in [0.05, 0.1) is 25.8 Å². The van der Waals surface area contributed by atoms with Crippen LogP contribution >= 0.6 is 0 Å². The second-order valence-electron chi connectivity index (χ2n) is 6.10. The highest BCUT2D eigenvalue weighted by atomic mass is 16.5. The Bertz CT molecular complexity index is 860. The highest BCUT2D eigenvalue weighted by Crippen LogP contribution is 2.33. The number of nitrogens with zero attached hydrogens (tertiary/aromatic N) is 2. The van der Waals surface area contributed by atoms with Gasteiger partial charge >= 0.3 is 0 Å². The van der Waals surface area contributed by atoms with Crippen molar-refractivity contribution < 1.29 is 19.1 Å². The van der Waals surface area contributed by atoms with Gasteiger partial charge in [-0.1, -0.05) is 30.3 Å². The number of ether oxygens (including phenoxy) is 2. The molecule has 2 aromatic carbocycles. The van der Waals surface area contributed by atoms with Crippen molar-refractivity contribution >= 4 is 23.1 Å². The molecule has 0 bridgehead atoms. The van der Waals surface area contributed by atoms with E-state index in [0.29, 0.717) is 22.6 Å². The van der Waals surface area contributed by atoms with E-state index in [1.54, 1.807) is 50.4 Å². The molecule has 0 spiro atoms. The molecule has 1 heterocycles. The summed E-state index contributed by atoms with van der Waals surface area (Å²) >= 11 is 0. The Balaban J connectivity index is 2.08. The Morgan fingerprint density at radius 2 is 1.59 bits per heavy atom. The van der Waals surface area contributed by atoms with Crippen LogP contribution in [0.4, 0.5) is 5.69 Å². The standard InChI is InChI=1S/C21H22N2O4/c1-22(16-7-5-4-6-8-16)19-18(15-9-11-17(27-3)12-10-15)20(24)23(21(19)25)13-14-26-2/h4-12H,13-14H2,1-3H3. The Morgan fingerprint density at radius 3 is 2.19 bits per heavy atom. The minimum absolute atomic E-state index is 0.208. The molecule has 0 saturated carbocycles. The molecule has 27 heavy (non-hydrogen) atoms. The van der Waals surface area contributed by atoms with Crippen molar-refractivity contribution in [2.75, 3.05) is 39.3 Å². The molecular formula is C21H22N2O4. The van der Waals surface area contributed by atoms with Crippen LogP contribution in [0.5, 0.6) is 5.75 Å². The lowest BCUT2D eigenvalue weighted by Gasteiger charge is -2.21. The number of hydrogen-bond donors (Lipinski definition) is 0. The zero-order valence-electron chi connectivity index (χ0n) is 15.6. The van der Waals surface area contributed by atoms with E-state index < -0.39 is 0 Å². The molecule has 0 saturated heterocycles. The van der Waals surface area contributed by atoms with Gasteiger partial charge in [0.1, 0.15) is 11.4 Å². The summed E-state index contributed by atoms with van der Waals surface area (Å²) in [7, 11) is 4.92. The average molecular weight is 366 g/mol. The predicted octanol–water partition coefficient (Wildman–Crippen LogP) is 2.56. The van der Waals surface area contributed by atoms with E-state index in [9.17, 15) is 9.59 Å². The van der Waals surface area contributed by atoms with Gasteiger partial charge in [0.2, 0.25) is 0 Å². The highest BCUT2D eigenvalue weighted by molar-refractivity contribution is 6.36. The maximum absolute atomic E-state index is 13.1. The van der Waals surface area contributed by atoms with Crippen molar-refractivity contribution in [1.82, 2.24) is 4.90 Å². The largest absolute Gasteiger partial charge is 0.497 e. The van der Waals surface area contributed by atoms with Crippen molar-refractivity contribution in [3.05, 3.63) is 65.9 Å². The lowest BCUT2D eigenvalue weighted by molar-refractivity contribution is -0.137. The molecular weight excluding hydrogens is 344 g/mol. The second kappa shape index (κ2) is 8.05. The van der Waals surface area contributed by atoms with Gasteiger partial charge in [-0.05, 0) is 29.8 Å². The van der Waals surface area contributed by atoms with E-state index in [4.69, 9.17) is 9.47 Å². The fourth-order valence-electron chi connectivity index (χ4n) is 3.06. The third-order valence-electron chi connectivity index (χ3n) is 4.52. The van der Waals surface area contributed by atoms with E-state index in [1.165, 1.54) is 4.90 Å². The zero-order valence-corrected chi connectivity index (χ0v) is 15.6. The third kappa shape index (κ3) is 3.57. The maximum atomic E-state index is 13.1. The first-order chi connectivity index (χ1) is 13.1. The molecule has 3 rings (SSSR count). The number of para-hydroxylation sites is 1. The monoisotopic (exact) mass is 366 g/mol. The van der Waals surface area contributed by atoms with Gasteiger partial charge in [0.15, 0.2) is 0 Å². The van der Waals surface area contributed by atoms with E-state index in [2.05, 4.69) is 0 Å². The second-order valence-corrected chi connectivity index (χ2v) is 6.10. The number of imide groups is 1. The van der Waals surface area contributed by atoms with Crippen LogP contribution in [0.25, 0.3) is 5.57 Å². The van der Waals surface area contributed by atoms with Crippen LogP contribution in [0.1, 0.15) is 5.56 Å². The normalized spacial score (nSPS) is 14.1. The van der Waals surface area contributed by atoms with Crippen molar-refractivity contribution in [3.8, 4) is 5.75 Å². The maximum Gasteiger partial charge on any atom is 0.278 e. The Morgan fingerprint density at radius 1 is 0.926 bits per heavy atom. The summed E-state index contributed by atoms with van der Waals surface area (Å²) in [6, 6.07) is 16.6. The molecule has 0 radical (unpaired) electrons. The summed E-state index contributed by atoms with van der Waals surface area (Å²) in [5.74, 6) is 0.0412. The first-order valence-electron chi connectivity index (χ1n) is 8.61. The number of rotatable bonds is 7. The molecule has 0 fully saturated rings. The fraction of sp³-hybridized carbons (Fsp3) is 0.238. The fourth-order valence-corrected chi connectivity index (χ4v) is 3.06. The van der Waals surface area contributed by atoms with Crippen molar-refractivity contribution in [1.29, 1.82) is 0 Å². The third-order valence-corrected chi connectivity index (χ3v) is 4.52. The van der Waals surface area contributed by atoms with Crippen LogP contribution in [0, 0.1) is 0 Å². The summed E-state index contributed by atoms with van der Waals surface area (Å²) in [5, 5.41) is 0. The number of anilines is 1. The van der Waals surface area contributed by atoms with Crippen LogP contribution < -0.4 is 9.64 Å². The van der Waals surface area contributed by atoms with Gasteiger partial charge in [-0.15, -0.1) is 0 Å². The lowest BCUT2D eigenvalue weighted by Crippen LogP contribution is -2.36. The number of methoxy groups -OCH3 is 2. The number of benzene rings is 2. The van der Waals surface area contributed by atoms with E-state index >= 15 is 0 Å². The summed E-state index contributed by atoms with van der Waals surface area (Å²) in [4.78, 5) is 29.1. The molecule has 1 aliphatic rings. The molecule has 6 heteroatoms. The Hall–Kier alpha value is -3.12. The molecule has 6 nitrogen and oxygen atoms in total. The van der Waals surface area contributed by atoms with Gasteiger partial charge in [0.25, 0.3) is 11.8 Å². The number of hydrogen-bond acceptors (Lipinski definition) is 5. The quantitative estimate of drug-likeness (QED) is 0.705. The number of carbonyl (C=O) groups is 2. The van der Waals surface area contributed by atoms with Gasteiger partial charge in [-0.25, -0.2) is 0 Å². The summed E-state index contributed by atoms with van der Waals surface area (Å²) in [6.07, 6.45) is 0. The molecule has 0 unspecified atom stereocenters.